The first-order valence-electron chi connectivity index (χ1n) is 9.68. The summed E-state index contributed by atoms with van der Waals surface area (Å²) in [5.41, 5.74) is 11.6. The van der Waals surface area contributed by atoms with Gasteiger partial charge in [0.05, 0.1) is 17.7 Å². The maximum atomic E-state index is 11.6. The van der Waals surface area contributed by atoms with Crippen LogP contribution in [0, 0.1) is 22.0 Å². The summed E-state index contributed by atoms with van der Waals surface area (Å²) < 4.78 is 0. The van der Waals surface area contributed by atoms with Crippen molar-refractivity contribution in [2.75, 3.05) is 6.54 Å². The lowest BCUT2D eigenvalue weighted by atomic mass is 9.77. The topological polar surface area (TPSA) is 132 Å². The van der Waals surface area contributed by atoms with Gasteiger partial charge < -0.3 is 16.4 Å². The van der Waals surface area contributed by atoms with Gasteiger partial charge in [-0.3, -0.25) is 15.8 Å². The Kier molecular flexibility index (Phi) is 7.00. The number of halogens is 2. The van der Waals surface area contributed by atoms with Gasteiger partial charge in [0.1, 0.15) is 0 Å². The molecule has 1 atom stereocenters. The Hall–Kier alpha value is -1.87. The Morgan fingerprint density at radius 2 is 1.93 bits per heavy atom. The van der Waals surface area contributed by atoms with Gasteiger partial charge in [-0.15, -0.1) is 0 Å². The van der Waals surface area contributed by atoms with E-state index in [1.807, 2.05) is 0 Å². The van der Waals surface area contributed by atoms with Gasteiger partial charge in [0.15, 0.2) is 11.6 Å². The predicted octanol–water partition coefficient (Wildman–Crippen LogP) is 2.97. The van der Waals surface area contributed by atoms with Crippen LogP contribution in [0.1, 0.15) is 37.7 Å². The second-order valence-corrected chi connectivity index (χ2v) is 8.60. The zero-order valence-corrected chi connectivity index (χ0v) is 17.5. The summed E-state index contributed by atoms with van der Waals surface area (Å²) in [6.07, 6.45) is 5.76. The molecule has 8 nitrogen and oxygen atoms in total. The van der Waals surface area contributed by atoms with Crippen molar-refractivity contribution in [1.82, 2.24) is 10.6 Å². The van der Waals surface area contributed by atoms with Gasteiger partial charge in [0, 0.05) is 10.0 Å². The first-order chi connectivity index (χ1) is 13.8. The molecular formula is C19H26Cl2N6O2. The molecular weight excluding hydrogens is 415 g/mol. The molecule has 1 aromatic rings. The minimum absolute atomic E-state index is 0.0989. The molecule has 1 fully saturated rings. The largest absolute Gasteiger partial charge is 0.330 e. The van der Waals surface area contributed by atoms with Gasteiger partial charge in [0.25, 0.3) is 0 Å². The van der Waals surface area contributed by atoms with Crippen LogP contribution in [0.25, 0.3) is 0 Å². The van der Waals surface area contributed by atoms with E-state index in [0.29, 0.717) is 40.8 Å². The van der Waals surface area contributed by atoms with Crippen molar-refractivity contribution in [3.8, 4) is 0 Å². The van der Waals surface area contributed by atoms with Crippen molar-refractivity contribution in [1.29, 1.82) is 0 Å². The number of nitrogens with two attached hydrogens (primary N) is 2. The average molecular weight is 441 g/mol. The van der Waals surface area contributed by atoms with Crippen LogP contribution in [0.3, 0.4) is 0 Å². The van der Waals surface area contributed by atoms with Crippen molar-refractivity contribution < 1.29 is 4.92 Å². The van der Waals surface area contributed by atoms with Crippen molar-refractivity contribution in [2.45, 2.75) is 44.3 Å². The molecule has 29 heavy (non-hydrogen) atoms. The van der Waals surface area contributed by atoms with Gasteiger partial charge in [-0.1, -0.05) is 23.2 Å². The number of guanidine groups is 1. The van der Waals surface area contributed by atoms with Crippen LogP contribution >= 0.6 is 23.2 Å². The Morgan fingerprint density at radius 3 is 2.59 bits per heavy atom. The number of rotatable bonds is 6. The lowest BCUT2D eigenvalue weighted by molar-refractivity contribution is -0.437. The summed E-state index contributed by atoms with van der Waals surface area (Å²) in [7, 11) is 0. The molecule has 1 aliphatic carbocycles. The highest BCUT2D eigenvalue weighted by Crippen LogP contribution is 2.34. The highest BCUT2D eigenvalue weighted by atomic mass is 35.5. The number of hydrogen-bond donors (Lipinski definition) is 4. The number of aliphatic imine (C=N–C) groups is 1. The summed E-state index contributed by atoms with van der Waals surface area (Å²) in [5.74, 6) is 1.19. The minimum Gasteiger partial charge on any atom is -0.330 e. The van der Waals surface area contributed by atoms with Crippen molar-refractivity contribution in [3.63, 3.8) is 0 Å². The summed E-state index contributed by atoms with van der Waals surface area (Å²) in [5, 5.41) is 18.5. The van der Waals surface area contributed by atoms with Crippen LogP contribution in [0.4, 0.5) is 0 Å². The molecule has 1 aliphatic heterocycles. The third-order valence-corrected chi connectivity index (χ3v) is 6.27. The zero-order valence-electron chi connectivity index (χ0n) is 16.0. The molecule has 0 amide bonds. The SMILES string of the molecule is NCC1CCC(CC2(N)NC(=NCc3cc(Cl)ccc3Cl)NC=C2[N+](=O)[O-])CC1. The maximum absolute atomic E-state index is 11.6. The van der Waals surface area contributed by atoms with Crippen LogP contribution in [0.2, 0.25) is 10.0 Å². The normalized spacial score (nSPS) is 28.4. The van der Waals surface area contributed by atoms with E-state index in [1.165, 1.54) is 6.20 Å². The molecule has 158 valence electrons. The summed E-state index contributed by atoms with van der Waals surface area (Å²) in [6, 6.07) is 5.14. The first kappa shape index (κ1) is 21.8. The van der Waals surface area contributed by atoms with Crippen LogP contribution in [-0.2, 0) is 6.54 Å². The highest BCUT2D eigenvalue weighted by molar-refractivity contribution is 6.33. The van der Waals surface area contributed by atoms with Gasteiger partial charge >= 0.3 is 5.70 Å². The van der Waals surface area contributed by atoms with Gasteiger partial charge in [-0.25, -0.2) is 4.99 Å². The van der Waals surface area contributed by atoms with Crippen molar-refractivity contribution in [2.24, 2.45) is 28.3 Å². The van der Waals surface area contributed by atoms with E-state index in [4.69, 9.17) is 34.7 Å². The molecule has 2 aliphatic rings. The van der Waals surface area contributed by atoms with E-state index in [9.17, 15) is 10.1 Å². The van der Waals surface area contributed by atoms with Crippen LogP contribution in [0.15, 0.2) is 35.1 Å². The van der Waals surface area contributed by atoms with Gasteiger partial charge in [-0.2, -0.15) is 0 Å². The van der Waals surface area contributed by atoms with E-state index < -0.39 is 10.6 Å². The summed E-state index contributed by atoms with van der Waals surface area (Å²) in [6.45, 7) is 0.944. The lowest BCUT2D eigenvalue weighted by Gasteiger charge is -2.37. The van der Waals surface area contributed by atoms with Gasteiger partial charge in [0.2, 0.25) is 0 Å². The average Bonchev–Trinajstić information content (AvgIpc) is 2.68. The zero-order chi connectivity index (χ0) is 21.0. The molecule has 0 saturated heterocycles. The van der Waals surface area contributed by atoms with Crippen LogP contribution in [-0.4, -0.2) is 23.1 Å². The third-order valence-electron chi connectivity index (χ3n) is 5.67. The molecule has 0 spiro atoms. The van der Waals surface area contributed by atoms with E-state index in [-0.39, 0.29) is 12.2 Å². The smallest absolute Gasteiger partial charge is 0.301 e. The molecule has 0 radical (unpaired) electrons. The molecule has 10 heteroatoms. The Labute approximate surface area is 179 Å². The molecule has 0 bridgehead atoms. The monoisotopic (exact) mass is 440 g/mol. The maximum Gasteiger partial charge on any atom is 0.301 e. The molecule has 0 aromatic heterocycles. The highest BCUT2D eigenvalue weighted by Gasteiger charge is 2.44. The third kappa shape index (κ3) is 5.39. The second-order valence-electron chi connectivity index (χ2n) is 7.75. The van der Waals surface area contributed by atoms with E-state index in [2.05, 4.69) is 15.6 Å². The predicted molar refractivity (Wildman–Crippen MR) is 115 cm³/mol. The minimum atomic E-state index is -1.30. The molecule has 6 N–H and O–H groups in total. The molecule has 3 rings (SSSR count). The van der Waals surface area contributed by atoms with Crippen molar-refractivity contribution in [3.05, 3.63) is 55.8 Å². The van der Waals surface area contributed by atoms with Gasteiger partial charge in [-0.05, 0) is 74.2 Å². The quantitative estimate of drug-likeness (QED) is 0.397. The number of nitrogens with zero attached hydrogens (tertiary/aromatic N) is 2. The lowest BCUT2D eigenvalue weighted by Crippen LogP contribution is -2.64. The van der Waals surface area contributed by atoms with Crippen LogP contribution in [0.5, 0.6) is 0 Å². The standard InChI is InChI=1S/C19H26Cl2N6O2/c20-15-5-6-16(21)14(7-15)10-24-18-25-11-17(27(28)29)19(23,26-18)8-12-1-3-13(9-22)4-2-12/h5-7,11-13H,1-4,8-10,22-23H2,(H2,24,25,26). The van der Waals surface area contributed by atoms with Crippen molar-refractivity contribution >= 4 is 29.2 Å². The summed E-state index contributed by atoms with van der Waals surface area (Å²) >= 11 is 12.2. The number of benzene rings is 1. The fourth-order valence-corrected chi connectivity index (χ4v) is 4.36. The summed E-state index contributed by atoms with van der Waals surface area (Å²) in [4.78, 5) is 15.6. The number of nitro groups is 1. The Balaban J connectivity index is 1.74. The van der Waals surface area contributed by atoms with Crippen LogP contribution < -0.4 is 22.1 Å². The Bertz CT molecular complexity index is 823. The molecule has 1 saturated carbocycles. The fourth-order valence-electron chi connectivity index (χ4n) is 3.99. The van der Waals surface area contributed by atoms with E-state index >= 15 is 0 Å². The second kappa shape index (κ2) is 9.30. The fraction of sp³-hybridized carbons (Fsp3) is 0.526. The van der Waals surface area contributed by atoms with E-state index in [0.717, 1.165) is 31.2 Å². The first-order valence-corrected chi connectivity index (χ1v) is 10.4. The molecule has 1 aromatic carbocycles. The number of nitrogens with one attached hydrogen (secondary N) is 2. The Morgan fingerprint density at radius 1 is 1.24 bits per heavy atom. The molecule has 1 heterocycles. The molecule has 1 unspecified atom stereocenters. The van der Waals surface area contributed by atoms with E-state index in [1.54, 1.807) is 18.2 Å². The number of hydrogen-bond acceptors (Lipinski definition) is 5.